The predicted octanol–water partition coefficient (Wildman–Crippen LogP) is 1.33. The van der Waals surface area contributed by atoms with E-state index in [9.17, 15) is 4.79 Å². The minimum absolute atomic E-state index is 0.0692. The normalized spacial score (nSPS) is 30.9. The maximum Gasteiger partial charge on any atom is 0.231 e. The maximum absolute atomic E-state index is 12.2. The predicted molar refractivity (Wildman–Crippen MR) is 77.7 cm³/mol. The van der Waals surface area contributed by atoms with E-state index >= 15 is 0 Å². The Hall–Kier alpha value is -1.43. The summed E-state index contributed by atoms with van der Waals surface area (Å²) in [5.74, 6) is 2.07. The average molecular weight is 292 g/mol. The monoisotopic (exact) mass is 292 g/mol. The molecule has 0 radical (unpaired) electrons. The summed E-state index contributed by atoms with van der Waals surface area (Å²) in [6.45, 7) is 8.90. The first-order valence-corrected chi connectivity index (χ1v) is 7.88. The smallest absolute Gasteiger partial charge is 0.231 e. The molecule has 6 heteroatoms. The molecule has 0 saturated carbocycles. The summed E-state index contributed by atoms with van der Waals surface area (Å²) in [6.07, 6.45) is 1.93. The number of nitrogens with one attached hydrogen (secondary N) is 1. The van der Waals surface area contributed by atoms with Gasteiger partial charge in [-0.2, -0.15) is 4.98 Å². The second-order valence-corrected chi connectivity index (χ2v) is 6.51. The molecule has 3 rings (SSSR count). The number of fused-ring (bicyclic) bond motifs is 1. The van der Waals surface area contributed by atoms with Crippen molar-refractivity contribution in [2.45, 2.75) is 45.6 Å². The van der Waals surface area contributed by atoms with Gasteiger partial charge in [0.05, 0.1) is 5.92 Å². The van der Waals surface area contributed by atoms with Crippen molar-refractivity contribution in [2.75, 3.05) is 19.6 Å². The number of carbonyl (C=O) groups is 1. The lowest BCUT2D eigenvalue weighted by molar-refractivity contribution is -0.129. The number of aryl methyl sites for hydroxylation is 1. The zero-order valence-electron chi connectivity index (χ0n) is 13.0. The minimum Gasteiger partial charge on any atom is -0.355 e. The van der Waals surface area contributed by atoms with Crippen molar-refractivity contribution in [3.8, 4) is 0 Å². The van der Waals surface area contributed by atoms with Crippen LogP contribution in [0.1, 0.15) is 44.3 Å². The summed E-state index contributed by atoms with van der Waals surface area (Å²) in [6, 6.07) is 0.525. The zero-order chi connectivity index (χ0) is 15.0. The summed E-state index contributed by atoms with van der Waals surface area (Å²) in [5.41, 5.74) is 0. The Morgan fingerprint density at radius 1 is 1.29 bits per heavy atom. The van der Waals surface area contributed by atoms with Gasteiger partial charge in [-0.25, -0.2) is 0 Å². The molecule has 0 bridgehead atoms. The second-order valence-electron chi connectivity index (χ2n) is 6.51. The molecule has 1 amide bonds. The maximum atomic E-state index is 12.2. The Bertz CT molecular complexity index is 514. The van der Waals surface area contributed by atoms with Crippen molar-refractivity contribution in [2.24, 2.45) is 11.8 Å². The number of hydrogen-bond acceptors (Lipinski definition) is 5. The lowest BCUT2D eigenvalue weighted by Gasteiger charge is -2.34. The molecule has 3 atom stereocenters. The van der Waals surface area contributed by atoms with Crippen molar-refractivity contribution >= 4 is 5.91 Å². The molecule has 0 unspecified atom stereocenters. The van der Waals surface area contributed by atoms with E-state index in [1.807, 2.05) is 6.92 Å². The van der Waals surface area contributed by atoms with Crippen molar-refractivity contribution < 1.29 is 9.32 Å². The van der Waals surface area contributed by atoms with Gasteiger partial charge in [0.25, 0.3) is 0 Å². The van der Waals surface area contributed by atoms with Gasteiger partial charge in [-0.1, -0.05) is 5.16 Å². The SMILES string of the molecule is Cc1noc([C@@H]2CNC(=O)[C@H]3CCN(C(C)C)CC[C@H]32)n1. The number of piperidine rings is 1. The van der Waals surface area contributed by atoms with Crippen LogP contribution < -0.4 is 5.32 Å². The number of rotatable bonds is 2. The molecule has 2 aliphatic heterocycles. The summed E-state index contributed by atoms with van der Waals surface area (Å²) >= 11 is 0. The third-order valence-corrected chi connectivity index (χ3v) is 4.93. The highest BCUT2D eigenvalue weighted by molar-refractivity contribution is 5.80. The fraction of sp³-hybridized carbons (Fsp3) is 0.800. The van der Waals surface area contributed by atoms with Gasteiger partial charge >= 0.3 is 0 Å². The van der Waals surface area contributed by atoms with Gasteiger partial charge in [-0.05, 0) is 52.6 Å². The highest BCUT2D eigenvalue weighted by atomic mass is 16.5. The van der Waals surface area contributed by atoms with Gasteiger partial charge in [0.2, 0.25) is 11.8 Å². The molecule has 1 N–H and O–H groups in total. The van der Waals surface area contributed by atoms with E-state index in [1.54, 1.807) is 0 Å². The van der Waals surface area contributed by atoms with Crippen LogP contribution >= 0.6 is 0 Å². The molecule has 1 aromatic rings. The molecule has 2 fully saturated rings. The standard InChI is InChI=1S/C15H24N4O2/c1-9(2)19-6-4-11-12(5-7-19)14(20)16-8-13(11)15-17-10(3)18-21-15/h9,11-13H,4-8H2,1-3H3,(H,16,20)/t11-,12+,13-/m1/s1. The number of likely N-dealkylation sites (tertiary alicyclic amines) is 1. The summed E-state index contributed by atoms with van der Waals surface area (Å²) in [7, 11) is 0. The molecule has 0 spiro atoms. The van der Waals surface area contributed by atoms with Crippen LogP contribution in [0.4, 0.5) is 0 Å². The van der Waals surface area contributed by atoms with Crippen LogP contribution in [-0.4, -0.2) is 46.6 Å². The van der Waals surface area contributed by atoms with Gasteiger partial charge in [-0.3, -0.25) is 4.79 Å². The molecule has 1 aromatic heterocycles. The number of amides is 1. The van der Waals surface area contributed by atoms with Crippen LogP contribution in [0.5, 0.6) is 0 Å². The summed E-state index contributed by atoms with van der Waals surface area (Å²) in [4.78, 5) is 19.1. The topological polar surface area (TPSA) is 71.3 Å². The van der Waals surface area contributed by atoms with Gasteiger partial charge < -0.3 is 14.7 Å². The van der Waals surface area contributed by atoms with Gasteiger partial charge in [0.15, 0.2) is 5.82 Å². The van der Waals surface area contributed by atoms with Crippen molar-refractivity contribution in [1.29, 1.82) is 0 Å². The molecule has 2 saturated heterocycles. The summed E-state index contributed by atoms with van der Waals surface area (Å²) < 4.78 is 5.38. The zero-order valence-corrected chi connectivity index (χ0v) is 13.0. The molecule has 21 heavy (non-hydrogen) atoms. The molecule has 0 aromatic carbocycles. The van der Waals surface area contributed by atoms with E-state index in [1.165, 1.54) is 0 Å². The average Bonchev–Trinajstić information content (AvgIpc) is 2.74. The van der Waals surface area contributed by atoms with Crippen LogP contribution in [0.2, 0.25) is 0 Å². The minimum atomic E-state index is 0.0692. The first-order valence-electron chi connectivity index (χ1n) is 7.88. The molecule has 0 aliphatic carbocycles. The van der Waals surface area contributed by atoms with Crippen molar-refractivity contribution in [3.05, 3.63) is 11.7 Å². The molecular formula is C15H24N4O2. The lowest BCUT2D eigenvalue weighted by atomic mass is 9.75. The Balaban J connectivity index is 1.83. The van der Waals surface area contributed by atoms with E-state index < -0.39 is 0 Å². The first-order chi connectivity index (χ1) is 10.1. The van der Waals surface area contributed by atoms with Gasteiger partial charge in [-0.15, -0.1) is 0 Å². The number of aromatic nitrogens is 2. The van der Waals surface area contributed by atoms with Crippen LogP contribution in [-0.2, 0) is 4.79 Å². The highest BCUT2D eigenvalue weighted by Gasteiger charge is 2.43. The quantitative estimate of drug-likeness (QED) is 0.890. The fourth-order valence-corrected chi connectivity index (χ4v) is 3.70. The Kier molecular flexibility index (Phi) is 3.97. The first kappa shape index (κ1) is 14.5. The van der Waals surface area contributed by atoms with Crippen LogP contribution in [0.3, 0.4) is 0 Å². The summed E-state index contributed by atoms with van der Waals surface area (Å²) in [5, 5.41) is 6.93. The van der Waals surface area contributed by atoms with Gasteiger partial charge in [0.1, 0.15) is 0 Å². The van der Waals surface area contributed by atoms with Crippen LogP contribution in [0.15, 0.2) is 4.52 Å². The third-order valence-electron chi connectivity index (χ3n) is 4.93. The molecule has 6 nitrogen and oxygen atoms in total. The van der Waals surface area contributed by atoms with Crippen LogP contribution in [0, 0.1) is 18.8 Å². The molecule has 3 heterocycles. The van der Waals surface area contributed by atoms with Gasteiger partial charge in [0, 0.05) is 18.5 Å². The van der Waals surface area contributed by atoms with E-state index in [4.69, 9.17) is 4.52 Å². The van der Waals surface area contributed by atoms with E-state index in [-0.39, 0.29) is 17.7 Å². The Morgan fingerprint density at radius 2 is 2.05 bits per heavy atom. The second kappa shape index (κ2) is 5.75. The Labute approximate surface area is 125 Å². The number of carbonyl (C=O) groups excluding carboxylic acids is 1. The van der Waals surface area contributed by atoms with E-state index in [0.717, 1.165) is 25.9 Å². The van der Waals surface area contributed by atoms with E-state index in [0.29, 0.717) is 30.2 Å². The number of nitrogens with zero attached hydrogens (tertiary/aromatic N) is 3. The molecule has 116 valence electrons. The van der Waals surface area contributed by atoms with Crippen molar-refractivity contribution in [3.63, 3.8) is 0 Å². The highest BCUT2D eigenvalue weighted by Crippen LogP contribution is 2.38. The molecular weight excluding hydrogens is 268 g/mol. The van der Waals surface area contributed by atoms with E-state index in [2.05, 4.69) is 34.2 Å². The number of hydrogen-bond donors (Lipinski definition) is 1. The van der Waals surface area contributed by atoms with Crippen LogP contribution in [0.25, 0.3) is 0 Å². The lowest BCUT2D eigenvalue weighted by Crippen LogP contribution is -2.46. The fourth-order valence-electron chi connectivity index (χ4n) is 3.70. The Morgan fingerprint density at radius 3 is 2.71 bits per heavy atom. The van der Waals surface area contributed by atoms with Crippen molar-refractivity contribution in [1.82, 2.24) is 20.4 Å². The third kappa shape index (κ3) is 2.81. The molecule has 2 aliphatic rings. The largest absolute Gasteiger partial charge is 0.355 e.